The molecule has 0 radical (unpaired) electrons. The number of hydrogen-bond acceptors (Lipinski definition) is 3. The molecule has 3 rings (SSSR count). The van der Waals surface area contributed by atoms with Crippen LogP contribution in [0.3, 0.4) is 0 Å². The first-order valence-corrected chi connectivity index (χ1v) is 8.30. The van der Waals surface area contributed by atoms with E-state index in [0.717, 1.165) is 47.2 Å². The Labute approximate surface area is 141 Å². The van der Waals surface area contributed by atoms with Gasteiger partial charge in [0.15, 0.2) is 0 Å². The number of rotatable bonds is 2. The van der Waals surface area contributed by atoms with E-state index in [1.165, 1.54) is 0 Å². The van der Waals surface area contributed by atoms with Crippen LogP contribution < -0.4 is 5.56 Å². The Balaban J connectivity index is 1.83. The van der Waals surface area contributed by atoms with Crippen molar-refractivity contribution >= 4 is 11.6 Å². The molecule has 23 heavy (non-hydrogen) atoms. The van der Waals surface area contributed by atoms with Gasteiger partial charge in [-0.3, -0.25) is 9.69 Å². The summed E-state index contributed by atoms with van der Waals surface area (Å²) < 4.78 is 0. The van der Waals surface area contributed by atoms with Gasteiger partial charge in [0.25, 0.3) is 5.56 Å². The maximum Gasteiger partial charge on any atom is 0.255 e. The average Bonchev–Trinajstić information content (AvgIpc) is 2.47. The summed E-state index contributed by atoms with van der Waals surface area (Å²) in [5, 5.41) is 0.745. The van der Waals surface area contributed by atoms with Crippen LogP contribution in [0.25, 0.3) is 0 Å². The number of aromatic amines is 1. The number of aromatic nitrogens is 2. The zero-order chi connectivity index (χ0) is 16.6. The van der Waals surface area contributed by atoms with Gasteiger partial charge >= 0.3 is 0 Å². The van der Waals surface area contributed by atoms with Crippen LogP contribution in [-0.4, -0.2) is 21.4 Å². The van der Waals surface area contributed by atoms with Crippen molar-refractivity contribution in [1.29, 1.82) is 0 Å². The first-order chi connectivity index (χ1) is 10.8. The number of hydrogen-bond donors (Lipinski definition) is 1. The van der Waals surface area contributed by atoms with Gasteiger partial charge in [-0.25, -0.2) is 4.98 Å². The smallest absolute Gasteiger partial charge is 0.255 e. The van der Waals surface area contributed by atoms with Gasteiger partial charge in [0.2, 0.25) is 0 Å². The summed E-state index contributed by atoms with van der Waals surface area (Å²) in [6, 6.07) is 7.87. The lowest BCUT2D eigenvalue weighted by atomic mass is 9.95. The van der Waals surface area contributed by atoms with E-state index in [4.69, 9.17) is 16.6 Å². The van der Waals surface area contributed by atoms with Gasteiger partial charge in [0.05, 0.1) is 11.3 Å². The molecule has 1 N–H and O–H groups in total. The maximum atomic E-state index is 12.4. The second-order valence-electron chi connectivity index (χ2n) is 7.18. The van der Waals surface area contributed by atoms with Crippen molar-refractivity contribution in [2.75, 3.05) is 6.54 Å². The molecule has 0 unspecified atom stereocenters. The minimum Gasteiger partial charge on any atom is -0.310 e. The number of halogens is 1. The highest BCUT2D eigenvalue weighted by Crippen LogP contribution is 2.21. The van der Waals surface area contributed by atoms with Crippen molar-refractivity contribution in [3.05, 3.63) is 62.3 Å². The fourth-order valence-corrected chi connectivity index (χ4v) is 3.08. The van der Waals surface area contributed by atoms with Crippen molar-refractivity contribution in [2.24, 2.45) is 0 Å². The SMILES string of the molecule is CC(C)(C)c1nc2c(c(=O)[nH]1)CN(Cc1cccc(Cl)c1)CC2. The number of H-pyrrole nitrogens is 1. The molecule has 122 valence electrons. The highest BCUT2D eigenvalue weighted by Gasteiger charge is 2.24. The maximum absolute atomic E-state index is 12.4. The summed E-state index contributed by atoms with van der Waals surface area (Å²) in [6.07, 6.45) is 0.808. The molecule has 5 heteroatoms. The molecule has 1 aromatic carbocycles. The van der Waals surface area contributed by atoms with E-state index in [0.29, 0.717) is 6.54 Å². The highest BCUT2D eigenvalue weighted by molar-refractivity contribution is 6.30. The number of nitrogens with zero attached hydrogens (tertiary/aromatic N) is 2. The molecule has 0 spiro atoms. The summed E-state index contributed by atoms with van der Waals surface area (Å²) in [5.74, 6) is 0.768. The van der Waals surface area contributed by atoms with E-state index in [-0.39, 0.29) is 11.0 Å². The molecule has 1 aliphatic rings. The van der Waals surface area contributed by atoms with E-state index in [1.54, 1.807) is 0 Å². The zero-order valence-electron chi connectivity index (χ0n) is 13.8. The van der Waals surface area contributed by atoms with Crippen LogP contribution in [0.15, 0.2) is 29.1 Å². The highest BCUT2D eigenvalue weighted by atomic mass is 35.5. The van der Waals surface area contributed by atoms with Crippen LogP contribution in [0.2, 0.25) is 5.02 Å². The van der Waals surface area contributed by atoms with Gasteiger partial charge in [0, 0.05) is 36.5 Å². The molecule has 2 aromatic rings. The van der Waals surface area contributed by atoms with Crippen LogP contribution >= 0.6 is 11.6 Å². The summed E-state index contributed by atoms with van der Waals surface area (Å²) in [6.45, 7) is 8.51. The van der Waals surface area contributed by atoms with Crippen LogP contribution in [-0.2, 0) is 24.9 Å². The Morgan fingerprint density at radius 3 is 2.83 bits per heavy atom. The van der Waals surface area contributed by atoms with E-state index >= 15 is 0 Å². The first kappa shape index (κ1) is 16.2. The monoisotopic (exact) mass is 331 g/mol. The zero-order valence-corrected chi connectivity index (χ0v) is 14.6. The summed E-state index contributed by atoms with van der Waals surface area (Å²) in [5.41, 5.74) is 2.76. The molecule has 2 heterocycles. The Bertz CT molecular complexity index is 777. The van der Waals surface area contributed by atoms with Gasteiger partial charge in [-0.15, -0.1) is 0 Å². The molecule has 1 aromatic heterocycles. The number of nitrogens with one attached hydrogen (secondary N) is 1. The summed E-state index contributed by atoms with van der Waals surface area (Å²) in [7, 11) is 0. The standard InChI is InChI=1S/C18H22ClN3O/c1-18(2,3)17-20-15-7-8-22(11-14(15)16(23)21-17)10-12-5-4-6-13(19)9-12/h4-6,9H,7-8,10-11H2,1-3H3,(H,20,21,23). The third kappa shape index (κ3) is 3.65. The fraction of sp³-hybridized carbons (Fsp3) is 0.444. The third-order valence-electron chi connectivity index (χ3n) is 4.15. The lowest BCUT2D eigenvalue weighted by Crippen LogP contribution is -2.37. The predicted molar refractivity (Wildman–Crippen MR) is 92.8 cm³/mol. The van der Waals surface area contributed by atoms with E-state index in [9.17, 15) is 4.79 Å². The lowest BCUT2D eigenvalue weighted by Gasteiger charge is -2.29. The molecule has 0 atom stereocenters. The molecule has 0 fully saturated rings. The van der Waals surface area contributed by atoms with Gasteiger partial charge < -0.3 is 4.98 Å². The molecule has 0 saturated carbocycles. The van der Waals surface area contributed by atoms with Crippen molar-refractivity contribution < 1.29 is 0 Å². The van der Waals surface area contributed by atoms with E-state index < -0.39 is 0 Å². The van der Waals surface area contributed by atoms with Crippen molar-refractivity contribution in [3.8, 4) is 0 Å². The topological polar surface area (TPSA) is 49.0 Å². The Morgan fingerprint density at radius 1 is 1.35 bits per heavy atom. The van der Waals surface area contributed by atoms with Gasteiger partial charge in [-0.05, 0) is 17.7 Å². The van der Waals surface area contributed by atoms with Crippen molar-refractivity contribution in [3.63, 3.8) is 0 Å². The van der Waals surface area contributed by atoms with Gasteiger partial charge in [-0.2, -0.15) is 0 Å². The second-order valence-corrected chi connectivity index (χ2v) is 7.62. The first-order valence-electron chi connectivity index (χ1n) is 7.92. The Kier molecular flexibility index (Phi) is 4.30. The van der Waals surface area contributed by atoms with Crippen molar-refractivity contribution in [2.45, 2.75) is 45.7 Å². The molecule has 0 amide bonds. The van der Waals surface area contributed by atoms with E-state index in [2.05, 4.69) is 36.7 Å². The summed E-state index contributed by atoms with van der Waals surface area (Å²) in [4.78, 5) is 22.4. The number of benzene rings is 1. The van der Waals surface area contributed by atoms with Crippen molar-refractivity contribution in [1.82, 2.24) is 14.9 Å². The normalized spacial score (nSPS) is 15.5. The third-order valence-corrected chi connectivity index (χ3v) is 4.39. The molecule has 1 aliphatic heterocycles. The van der Waals surface area contributed by atoms with Gasteiger partial charge in [-0.1, -0.05) is 44.5 Å². The molecule has 4 nitrogen and oxygen atoms in total. The minimum absolute atomic E-state index is 0.00396. The fourth-order valence-electron chi connectivity index (χ4n) is 2.86. The second kappa shape index (κ2) is 6.10. The number of fused-ring (bicyclic) bond motifs is 1. The Morgan fingerprint density at radius 2 is 2.13 bits per heavy atom. The van der Waals surface area contributed by atoms with Crippen LogP contribution in [0, 0.1) is 0 Å². The van der Waals surface area contributed by atoms with Crippen LogP contribution in [0.1, 0.15) is 43.4 Å². The minimum atomic E-state index is -0.147. The molecule has 0 aliphatic carbocycles. The molecule has 0 bridgehead atoms. The van der Waals surface area contributed by atoms with Crippen LogP contribution in [0.4, 0.5) is 0 Å². The average molecular weight is 332 g/mol. The summed E-state index contributed by atoms with van der Waals surface area (Å²) >= 11 is 6.05. The lowest BCUT2D eigenvalue weighted by molar-refractivity contribution is 0.241. The predicted octanol–water partition coefficient (Wildman–Crippen LogP) is 3.28. The largest absolute Gasteiger partial charge is 0.310 e. The quantitative estimate of drug-likeness (QED) is 0.918. The molecular weight excluding hydrogens is 310 g/mol. The molecular formula is C18H22ClN3O. The van der Waals surface area contributed by atoms with Gasteiger partial charge in [0.1, 0.15) is 5.82 Å². The van der Waals surface area contributed by atoms with E-state index in [1.807, 2.05) is 18.2 Å². The Hall–Kier alpha value is -1.65. The molecule has 0 saturated heterocycles. The van der Waals surface area contributed by atoms with Crippen LogP contribution in [0.5, 0.6) is 0 Å².